The zero-order valence-corrected chi connectivity index (χ0v) is 14.9. The molecule has 0 atom stereocenters. The topological polar surface area (TPSA) is 71.8 Å². The first-order chi connectivity index (χ1) is 10.6. The summed E-state index contributed by atoms with van der Waals surface area (Å²) in [6.45, 7) is 5.81. The molecule has 0 radical (unpaired) electrons. The van der Waals surface area contributed by atoms with Crippen molar-refractivity contribution in [1.29, 1.82) is 0 Å². The molecule has 6 nitrogen and oxygen atoms in total. The van der Waals surface area contributed by atoms with Crippen molar-refractivity contribution in [3.8, 4) is 0 Å². The SMILES string of the molecule is CC(C)c1csc(NC(=O)C2(n3cccn3)CCNCC2)n1.Cl. The van der Waals surface area contributed by atoms with Gasteiger partial charge in [0.05, 0.1) is 5.69 Å². The third-order valence-electron chi connectivity index (χ3n) is 4.13. The second kappa shape index (κ2) is 7.42. The van der Waals surface area contributed by atoms with E-state index in [1.807, 2.05) is 17.6 Å². The second-order valence-electron chi connectivity index (χ2n) is 5.92. The van der Waals surface area contributed by atoms with E-state index in [4.69, 9.17) is 0 Å². The van der Waals surface area contributed by atoms with Crippen LogP contribution in [0.15, 0.2) is 23.8 Å². The number of rotatable bonds is 4. The molecule has 3 rings (SSSR count). The Kier molecular flexibility index (Phi) is 5.78. The van der Waals surface area contributed by atoms with Gasteiger partial charge in [0, 0.05) is 17.8 Å². The highest BCUT2D eigenvalue weighted by atomic mass is 35.5. The lowest BCUT2D eigenvalue weighted by atomic mass is 9.87. The van der Waals surface area contributed by atoms with E-state index in [0.717, 1.165) is 31.6 Å². The first-order valence-corrected chi connectivity index (χ1v) is 8.47. The number of carbonyl (C=O) groups excluding carboxylic acids is 1. The first-order valence-electron chi connectivity index (χ1n) is 7.59. The Morgan fingerprint density at radius 1 is 1.43 bits per heavy atom. The fourth-order valence-electron chi connectivity index (χ4n) is 2.74. The molecule has 2 aromatic heterocycles. The van der Waals surface area contributed by atoms with Crippen LogP contribution in [0.3, 0.4) is 0 Å². The Labute approximate surface area is 146 Å². The van der Waals surface area contributed by atoms with Crippen LogP contribution in [0.1, 0.15) is 38.3 Å². The summed E-state index contributed by atoms with van der Waals surface area (Å²) in [5.41, 5.74) is 0.386. The first kappa shape index (κ1) is 17.9. The molecule has 1 fully saturated rings. The van der Waals surface area contributed by atoms with Gasteiger partial charge < -0.3 is 5.32 Å². The normalized spacial score (nSPS) is 16.8. The Morgan fingerprint density at radius 3 is 2.74 bits per heavy atom. The molecule has 1 amide bonds. The lowest BCUT2D eigenvalue weighted by Gasteiger charge is -2.36. The Morgan fingerprint density at radius 2 is 2.17 bits per heavy atom. The van der Waals surface area contributed by atoms with E-state index in [1.54, 1.807) is 10.9 Å². The molecule has 2 N–H and O–H groups in total. The molecule has 23 heavy (non-hydrogen) atoms. The van der Waals surface area contributed by atoms with Gasteiger partial charge in [-0.15, -0.1) is 23.7 Å². The zero-order chi connectivity index (χ0) is 15.6. The fourth-order valence-corrected chi connectivity index (χ4v) is 3.61. The smallest absolute Gasteiger partial charge is 0.254 e. The highest BCUT2D eigenvalue weighted by molar-refractivity contribution is 7.13. The van der Waals surface area contributed by atoms with E-state index >= 15 is 0 Å². The third-order valence-corrected chi connectivity index (χ3v) is 4.91. The summed E-state index contributed by atoms with van der Waals surface area (Å²) in [7, 11) is 0. The summed E-state index contributed by atoms with van der Waals surface area (Å²) in [6, 6.07) is 1.86. The van der Waals surface area contributed by atoms with Gasteiger partial charge in [-0.3, -0.25) is 14.8 Å². The molecule has 1 saturated heterocycles. The molecule has 0 aliphatic carbocycles. The van der Waals surface area contributed by atoms with E-state index in [1.165, 1.54) is 11.3 Å². The second-order valence-corrected chi connectivity index (χ2v) is 6.78. The van der Waals surface area contributed by atoms with Crippen LogP contribution in [0.25, 0.3) is 0 Å². The summed E-state index contributed by atoms with van der Waals surface area (Å²) < 4.78 is 1.79. The molecular weight excluding hydrogens is 334 g/mol. The largest absolute Gasteiger partial charge is 0.317 e. The van der Waals surface area contributed by atoms with Crippen molar-refractivity contribution in [2.24, 2.45) is 0 Å². The molecule has 3 heterocycles. The number of halogens is 1. The summed E-state index contributed by atoms with van der Waals surface area (Å²) in [5.74, 6) is 0.336. The van der Waals surface area contributed by atoms with Crippen LogP contribution >= 0.6 is 23.7 Å². The Hall–Kier alpha value is -1.44. The lowest BCUT2D eigenvalue weighted by Crippen LogP contribution is -2.52. The van der Waals surface area contributed by atoms with E-state index in [9.17, 15) is 4.79 Å². The van der Waals surface area contributed by atoms with Crippen LogP contribution in [0.4, 0.5) is 5.13 Å². The number of aromatic nitrogens is 3. The van der Waals surface area contributed by atoms with Crippen molar-refractivity contribution < 1.29 is 4.79 Å². The monoisotopic (exact) mass is 355 g/mol. The summed E-state index contributed by atoms with van der Waals surface area (Å²) in [5, 5.41) is 13.3. The van der Waals surface area contributed by atoms with Gasteiger partial charge in [-0.1, -0.05) is 13.8 Å². The molecule has 0 aromatic carbocycles. The highest BCUT2D eigenvalue weighted by Crippen LogP contribution is 2.30. The number of piperidine rings is 1. The minimum Gasteiger partial charge on any atom is -0.317 e. The minimum atomic E-state index is -0.627. The van der Waals surface area contributed by atoms with Gasteiger partial charge in [0.2, 0.25) is 0 Å². The number of nitrogens with one attached hydrogen (secondary N) is 2. The molecule has 2 aromatic rings. The van der Waals surface area contributed by atoms with Gasteiger partial charge in [-0.2, -0.15) is 5.10 Å². The van der Waals surface area contributed by atoms with E-state index in [2.05, 4.69) is 34.6 Å². The van der Waals surface area contributed by atoms with Gasteiger partial charge in [0.15, 0.2) is 5.13 Å². The number of thiazole rings is 1. The maximum absolute atomic E-state index is 12.9. The number of hydrogen-bond acceptors (Lipinski definition) is 5. The molecule has 1 aliphatic rings. The van der Waals surface area contributed by atoms with Crippen LogP contribution < -0.4 is 10.6 Å². The zero-order valence-electron chi connectivity index (χ0n) is 13.3. The fraction of sp³-hybridized carbons (Fsp3) is 0.533. The molecule has 0 bridgehead atoms. The average molecular weight is 356 g/mol. The van der Waals surface area contributed by atoms with Crippen molar-refractivity contribution in [2.45, 2.75) is 38.1 Å². The molecule has 0 saturated carbocycles. The van der Waals surface area contributed by atoms with E-state index in [0.29, 0.717) is 11.0 Å². The van der Waals surface area contributed by atoms with Gasteiger partial charge in [0.25, 0.3) is 5.91 Å². The van der Waals surface area contributed by atoms with Gasteiger partial charge in [-0.25, -0.2) is 4.98 Å². The van der Waals surface area contributed by atoms with Gasteiger partial charge in [-0.05, 0) is 37.9 Å². The van der Waals surface area contributed by atoms with E-state index < -0.39 is 5.54 Å². The van der Waals surface area contributed by atoms with Gasteiger partial charge in [0.1, 0.15) is 5.54 Å². The van der Waals surface area contributed by atoms with Crippen molar-refractivity contribution >= 4 is 34.8 Å². The van der Waals surface area contributed by atoms with Crippen LogP contribution in [0, 0.1) is 0 Å². The molecule has 0 spiro atoms. The maximum atomic E-state index is 12.9. The van der Waals surface area contributed by atoms with Crippen molar-refractivity contribution in [1.82, 2.24) is 20.1 Å². The van der Waals surface area contributed by atoms with Crippen LogP contribution in [0.2, 0.25) is 0 Å². The van der Waals surface area contributed by atoms with Crippen LogP contribution in [-0.2, 0) is 10.3 Å². The summed E-state index contributed by atoms with van der Waals surface area (Å²) in [4.78, 5) is 17.4. The number of carbonyl (C=O) groups is 1. The average Bonchev–Trinajstić information content (AvgIpc) is 3.19. The van der Waals surface area contributed by atoms with Crippen molar-refractivity contribution in [2.75, 3.05) is 18.4 Å². The minimum absolute atomic E-state index is 0. The molecule has 126 valence electrons. The number of amides is 1. The Bertz CT molecular complexity index is 634. The maximum Gasteiger partial charge on any atom is 0.254 e. The third kappa shape index (κ3) is 3.57. The molecule has 1 aliphatic heterocycles. The van der Waals surface area contributed by atoms with Crippen molar-refractivity contribution in [3.63, 3.8) is 0 Å². The van der Waals surface area contributed by atoms with Crippen LogP contribution in [0.5, 0.6) is 0 Å². The number of hydrogen-bond donors (Lipinski definition) is 2. The Balaban J connectivity index is 0.00000192. The predicted molar refractivity (Wildman–Crippen MR) is 94.4 cm³/mol. The van der Waals surface area contributed by atoms with Gasteiger partial charge >= 0.3 is 0 Å². The molecular formula is C15H22ClN5OS. The molecule has 8 heteroatoms. The molecule has 0 unspecified atom stereocenters. The summed E-state index contributed by atoms with van der Waals surface area (Å²) >= 11 is 1.48. The summed E-state index contributed by atoms with van der Waals surface area (Å²) in [6.07, 6.45) is 5.04. The number of nitrogens with zero attached hydrogens (tertiary/aromatic N) is 3. The highest BCUT2D eigenvalue weighted by Gasteiger charge is 2.42. The van der Waals surface area contributed by atoms with Crippen LogP contribution in [-0.4, -0.2) is 33.8 Å². The quantitative estimate of drug-likeness (QED) is 0.884. The lowest BCUT2D eigenvalue weighted by molar-refractivity contribution is -0.126. The predicted octanol–water partition coefficient (Wildman–Crippen LogP) is 2.60. The number of anilines is 1. The standard InChI is InChI=1S/C15H21N5OS.ClH/c1-11(2)12-10-22-14(18-12)19-13(21)15(4-7-16-8-5-15)20-9-3-6-17-20;/h3,6,9-11,16H,4-5,7-8H2,1-2H3,(H,18,19,21);1H. The van der Waals surface area contributed by atoms with E-state index in [-0.39, 0.29) is 18.3 Å². The van der Waals surface area contributed by atoms with Crippen molar-refractivity contribution in [3.05, 3.63) is 29.5 Å².